The van der Waals surface area contributed by atoms with Crippen LogP contribution in [0, 0.1) is 23.2 Å². The summed E-state index contributed by atoms with van der Waals surface area (Å²) in [4.78, 5) is 17.2. The number of nitriles is 1. The van der Waals surface area contributed by atoms with Crippen molar-refractivity contribution >= 4 is 22.5 Å². The minimum Gasteiger partial charge on any atom is -0.491 e. The van der Waals surface area contributed by atoms with Crippen molar-refractivity contribution in [2.45, 2.75) is 25.7 Å². The number of para-hydroxylation sites is 1. The lowest BCUT2D eigenvalue weighted by atomic mass is 9.82. The van der Waals surface area contributed by atoms with Crippen molar-refractivity contribution in [1.29, 1.82) is 5.26 Å². The molecule has 3 aromatic rings. The first-order valence-electron chi connectivity index (χ1n) is 11.3. The van der Waals surface area contributed by atoms with E-state index in [0.717, 1.165) is 36.8 Å². The molecule has 1 fully saturated rings. The zero-order chi connectivity index (χ0) is 22.6. The fourth-order valence-electron chi connectivity index (χ4n) is 4.46. The zero-order valence-corrected chi connectivity index (χ0v) is 18.3. The van der Waals surface area contributed by atoms with Crippen LogP contribution in [0.1, 0.15) is 31.4 Å². The lowest BCUT2D eigenvalue weighted by molar-refractivity contribution is -0.121. The number of fused-ring (bicyclic) bond motifs is 2. The Bertz CT molecular complexity index is 1210. The number of ether oxygens (including phenoxy) is 3. The van der Waals surface area contributed by atoms with Gasteiger partial charge in [0.1, 0.15) is 36.2 Å². The lowest BCUT2D eigenvalue weighted by Crippen LogP contribution is -2.29. The summed E-state index contributed by atoms with van der Waals surface area (Å²) < 4.78 is 17.2. The highest BCUT2D eigenvalue weighted by Crippen LogP contribution is 2.34. The highest BCUT2D eigenvalue weighted by Gasteiger charge is 2.27. The van der Waals surface area contributed by atoms with Crippen LogP contribution in [0.5, 0.6) is 17.2 Å². The van der Waals surface area contributed by atoms with Crippen LogP contribution in [-0.2, 0) is 4.79 Å². The molecular weight excluding hydrogens is 418 g/mol. The number of benzene rings is 2. The van der Waals surface area contributed by atoms with Crippen LogP contribution < -0.4 is 19.5 Å². The third-order valence-corrected chi connectivity index (χ3v) is 6.30. The van der Waals surface area contributed by atoms with Gasteiger partial charge in [-0.15, -0.1) is 0 Å². The van der Waals surface area contributed by atoms with Crippen LogP contribution in [0.3, 0.4) is 0 Å². The number of carbonyl (C=O) groups excluding carboxylic acids is 1. The Morgan fingerprint density at radius 3 is 2.70 bits per heavy atom. The van der Waals surface area contributed by atoms with E-state index in [0.29, 0.717) is 54.2 Å². The van der Waals surface area contributed by atoms with E-state index in [1.807, 2.05) is 42.5 Å². The number of hydrogen-bond acceptors (Lipinski definition) is 6. The van der Waals surface area contributed by atoms with Gasteiger partial charge in [-0.25, -0.2) is 4.98 Å². The molecule has 33 heavy (non-hydrogen) atoms. The van der Waals surface area contributed by atoms with Gasteiger partial charge in [0.2, 0.25) is 5.91 Å². The van der Waals surface area contributed by atoms with Gasteiger partial charge in [-0.05, 0) is 61.9 Å². The molecule has 0 atom stereocenters. The van der Waals surface area contributed by atoms with Gasteiger partial charge in [0, 0.05) is 23.1 Å². The van der Waals surface area contributed by atoms with E-state index in [2.05, 4.69) is 16.4 Å². The number of pyridine rings is 1. The summed E-state index contributed by atoms with van der Waals surface area (Å²) in [7, 11) is 0. The molecule has 0 bridgehead atoms. The number of rotatable bonds is 5. The molecule has 1 N–H and O–H groups in total. The summed E-state index contributed by atoms with van der Waals surface area (Å²) in [6.45, 7) is 1.64. The van der Waals surface area contributed by atoms with Crippen molar-refractivity contribution in [1.82, 2.24) is 4.98 Å². The van der Waals surface area contributed by atoms with Crippen LogP contribution in [0.2, 0.25) is 0 Å². The van der Waals surface area contributed by atoms with E-state index in [4.69, 9.17) is 19.5 Å². The standard InChI is InChI=1S/C26H25N3O4/c27-15-21-9-8-18-2-1-3-23(25(18)28-21)33-16-17-4-6-19(7-5-17)26(30)29-20-10-11-22-24(14-20)32-13-12-31-22/h1-3,8-11,14,17,19H,4-7,12-13,16H2,(H,29,30)/t17-,19-. The fourth-order valence-corrected chi connectivity index (χ4v) is 4.46. The second kappa shape index (κ2) is 9.37. The predicted octanol–water partition coefficient (Wildman–Crippen LogP) is 4.70. The maximum Gasteiger partial charge on any atom is 0.227 e. The molecule has 1 aliphatic heterocycles. The minimum atomic E-state index is -0.00754. The first-order valence-corrected chi connectivity index (χ1v) is 11.3. The molecule has 0 radical (unpaired) electrons. The SMILES string of the molecule is N#Cc1ccc2cccc(OC[C@H]3CC[C@H](C(=O)Nc4ccc5c(c4)OCCO5)CC3)c2n1. The Morgan fingerprint density at radius 1 is 1.06 bits per heavy atom. The van der Waals surface area contributed by atoms with Gasteiger partial charge in [-0.1, -0.05) is 12.1 Å². The highest BCUT2D eigenvalue weighted by molar-refractivity contribution is 5.93. The molecule has 2 aromatic carbocycles. The molecule has 0 saturated heterocycles. The quantitative estimate of drug-likeness (QED) is 0.614. The van der Waals surface area contributed by atoms with E-state index in [1.54, 1.807) is 6.07 Å². The van der Waals surface area contributed by atoms with Gasteiger partial charge < -0.3 is 19.5 Å². The third kappa shape index (κ3) is 4.70. The summed E-state index contributed by atoms with van der Waals surface area (Å²) in [6.07, 6.45) is 3.52. The van der Waals surface area contributed by atoms with E-state index in [1.165, 1.54) is 0 Å². The summed E-state index contributed by atoms with van der Waals surface area (Å²) >= 11 is 0. The Balaban J connectivity index is 1.14. The molecule has 0 spiro atoms. The molecule has 1 saturated carbocycles. The van der Waals surface area contributed by atoms with Gasteiger partial charge in [0.05, 0.1) is 6.61 Å². The van der Waals surface area contributed by atoms with E-state index >= 15 is 0 Å². The second-order valence-corrected chi connectivity index (χ2v) is 8.51. The summed E-state index contributed by atoms with van der Waals surface area (Å²) in [6, 6.07) is 17.0. The number of carbonyl (C=O) groups is 1. The maximum absolute atomic E-state index is 12.8. The van der Waals surface area contributed by atoms with Crippen LogP contribution >= 0.6 is 0 Å². The molecular formula is C26H25N3O4. The Kier molecular flexibility index (Phi) is 5.99. The van der Waals surface area contributed by atoms with Gasteiger partial charge >= 0.3 is 0 Å². The largest absolute Gasteiger partial charge is 0.491 e. The molecule has 0 unspecified atom stereocenters. The monoisotopic (exact) mass is 443 g/mol. The highest BCUT2D eigenvalue weighted by atomic mass is 16.6. The number of hydrogen-bond donors (Lipinski definition) is 1. The molecule has 2 heterocycles. The normalized spacial score (nSPS) is 19.5. The third-order valence-electron chi connectivity index (χ3n) is 6.30. The molecule has 2 aliphatic rings. The van der Waals surface area contributed by atoms with Crippen molar-refractivity contribution < 1.29 is 19.0 Å². The number of nitrogens with zero attached hydrogens (tertiary/aromatic N) is 2. The molecule has 7 nitrogen and oxygen atoms in total. The first kappa shape index (κ1) is 21.1. The van der Waals surface area contributed by atoms with Crippen LogP contribution in [0.15, 0.2) is 48.5 Å². The zero-order valence-electron chi connectivity index (χ0n) is 18.3. The maximum atomic E-state index is 12.8. The van der Waals surface area contributed by atoms with Crippen molar-refractivity contribution in [3.05, 3.63) is 54.2 Å². The average Bonchev–Trinajstić information content (AvgIpc) is 2.87. The smallest absolute Gasteiger partial charge is 0.227 e. The first-order chi connectivity index (χ1) is 16.2. The molecule has 1 amide bonds. The van der Waals surface area contributed by atoms with Crippen molar-refractivity contribution in [3.8, 4) is 23.3 Å². The molecule has 1 aromatic heterocycles. The average molecular weight is 444 g/mol. The van der Waals surface area contributed by atoms with Crippen molar-refractivity contribution in [2.24, 2.45) is 11.8 Å². The van der Waals surface area contributed by atoms with E-state index in [-0.39, 0.29) is 11.8 Å². The Hall–Kier alpha value is -3.79. The minimum absolute atomic E-state index is 0.00754. The number of aromatic nitrogens is 1. The van der Waals surface area contributed by atoms with Crippen molar-refractivity contribution in [2.75, 3.05) is 25.1 Å². The molecule has 5 rings (SSSR count). The second-order valence-electron chi connectivity index (χ2n) is 8.51. The van der Waals surface area contributed by atoms with Gasteiger partial charge in [0.25, 0.3) is 0 Å². The van der Waals surface area contributed by atoms with Gasteiger partial charge in [-0.2, -0.15) is 5.26 Å². The fraction of sp³-hybridized carbons (Fsp3) is 0.346. The summed E-state index contributed by atoms with van der Waals surface area (Å²) in [5.41, 5.74) is 1.82. The van der Waals surface area contributed by atoms with Gasteiger partial charge in [0.15, 0.2) is 11.5 Å². The van der Waals surface area contributed by atoms with Crippen LogP contribution in [-0.4, -0.2) is 30.7 Å². The number of amides is 1. The number of anilines is 1. The molecule has 168 valence electrons. The summed E-state index contributed by atoms with van der Waals surface area (Å²) in [5.74, 6) is 2.51. The predicted molar refractivity (Wildman–Crippen MR) is 123 cm³/mol. The van der Waals surface area contributed by atoms with Crippen LogP contribution in [0.25, 0.3) is 10.9 Å². The summed E-state index contributed by atoms with van der Waals surface area (Å²) in [5, 5.41) is 13.1. The van der Waals surface area contributed by atoms with E-state index in [9.17, 15) is 4.79 Å². The molecule has 7 heteroatoms. The molecule has 1 aliphatic carbocycles. The lowest BCUT2D eigenvalue weighted by Gasteiger charge is -2.28. The van der Waals surface area contributed by atoms with Crippen LogP contribution in [0.4, 0.5) is 5.69 Å². The van der Waals surface area contributed by atoms with Crippen molar-refractivity contribution in [3.63, 3.8) is 0 Å². The topological polar surface area (TPSA) is 93.5 Å². The Labute approximate surface area is 192 Å². The van der Waals surface area contributed by atoms with E-state index < -0.39 is 0 Å². The Morgan fingerprint density at radius 2 is 1.88 bits per heavy atom. The number of nitrogens with one attached hydrogen (secondary N) is 1. The van der Waals surface area contributed by atoms with Gasteiger partial charge in [-0.3, -0.25) is 4.79 Å².